The molecule has 8 nitrogen and oxygen atoms in total. The fourth-order valence-corrected chi connectivity index (χ4v) is 4.32. The number of aromatic carboxylic acids is 2. The van der Waals surface area contributed by atoms with E-state index < -0.39 is 11.9 Å². The highest BCUT2D eigenvalue weighted by atomic mass is 16.5. The van der Waals surface area contributed by atoms with Gasteiger partial charge in [-0.25, -0.2) is 19.2 Å². The van der Waals surface area contributed by atoms with Gasteiger partial charge in [0.15, 0.2) is 0 Å². The molecule has 0 aliphatic carbocycles. The fourth-order valence-electron chi connectivity index (χ4n) is 4.32. The molecule has 0 amide bonds. The van der Waals surface area contributed by atoms with E-state index in [1.807, 2.05) is 25.1 Å². The molecule has 0 aliphatic heterocycles. The minimum atomic E-state index is -1.00. The standard InChI is InChI=1S/C18H18O4.C15H12O4/c1-4-22-18(20)16-8-6-5-7-15(16)14-10-9-13(11-12(14)2)17(19)21-3;1-9-8-10(14(16)17)6-7-11(9)12-4-2-3-5-13(12)15(18)19/h5-11H,4H2,1-3H3;2-8H,1H3,(H,16,17)(H,18,19). The number of methoxy groups -OCH3 is 1. The minimum absolute atomic E-state index is 0.189. The highest BCUT2D eigenvalue weighted by Gasteiger charge is 2.16. The van der Waals surface area contributed by atoms with E-state index in [0.29, 0.717) is 23.3 Å². The van der Waals surface area contributed by atoms with Crippen LogP contribution in [-0.4, -0.2) is 47.8 Å². The molecule has 0 bridgehead atoms. The van der Waals surface area contributed by atoms with Gasteiger partial charge in [0, 0.05) is 0 Å². The number of aryl methyl sites for hydroxylation is 2. The highest BCUT2D eigenvalue weighted by Crippen LogP contribution is 2.29. The van der Waals surface area contributed by atoms with Crippen LogP contribution >= 0.6 is 0 Å². The summed E-state index contributed by atoms with van der Waals surface area (Å²) >= 11 is 0. The van der Waals surface area contributed by atoms with Gasteiger partial charge in [-0.05, 0) is 90.6 Å². The molecular formula is C33H30O8. The van der Waals surface area contributed by atoms with Crippen molar-refractivity contribution in [1.29, 1.82) is 0 Å². The quantitative estimate of drug-likeness (QED) is 0.242. The molecule has 0 aliphatic rings. The number of carbonyl (C=O) groups is 4. The predicted octanol–water partition coefficient (Wildman–Crippen LogP) is 6.68. The zero-order chi connectivity index (χ0) is 30.1. The second-order valence-electron chi connectivity index (χ2n) is 8.97. The Morgan fingerprint density at radius 2 is 1.10 bits per heavy atom. The van der Waals surface area contributed by atoms with Gasteiger partial charge in [0.05, 0.1) is 36.0 Å². The lowest BCUT2D eigenvalue weighted by Crippen LogP contribution is -2.07. The van der Waals surface area contributed by atoms with Crippen molar-refractivity contribution < 1.29 is 38.9 Å². The van der Waals surface area contributed by atoms with Crippen LogP contribution in [0.2, 0.25) is 0 Å². The van der Waals surface area contributed by atoms with E-state index in [2.05, 4.69) is 0 Å². The second kappa shape index (κ2) is 13.7. The molecule has 210 valence electrons. The van der Waals surface area contributed by atoms with Gasteiger partial charge >= 0.3 is 23.9 Å². The highest BCUT2D eigenvalue weighted by molar-refractivity contribution is 5.99. The molecule has 0 radical (unpaired) electrons. The normalized spacial score (nSPS) is 10.1. The molecule has 4 rings (SSSR count). The Morgan fingerprint density at radius 1 is 0.610 bits per heavy atom. The van der Waals surface area contributed by atoms with Gasteiger partial charge in [-0.1, -0.05) is 48.5 Å². The zero-order valence-electron chi connectivity index (χ0n) is 23.1. The Hall–Kier alpha value is -5.24. The van der Waals surface area contributed by atoms with E-state index >= 15 is 0 Å². The number of carboxylic acids is 2. The summed E-state index contributed by atoms with van der Waals surface area (Å²) in [7, 11) is 1.35. The number of esters is 2. The van der Waals surface area contributed by atoms with E-state index in [0.717, 1.165) is 27.8 Å². The van der Waals surface area contributed by atoms with Crippen LogP contribution in [0, 0.1) is 13.8 Å². The van der Waals surface area contributed by atoms with E-state index in [1.54, 1.807) is 62.4 Å². The van der Waals surface area contributed by atoms with E-state index in [4.69, 9.17) is 19.7 Å². The molecule has 0 fully saturated rings. The maximum absolute atomic E-state index is 12.1. The van der Waals surface area contributed by atoms with Gasteiger partial charge in [-0.3, -0.25) is 0 Å². The van der Waals surface area contributed by atoms with Crippen LogP contribution in [0.4, 0.5) is 0 Å². The van der Waals surface area contributed by atoms with E-state index in [-0.39, 0.29) is 23.1 Å². The molecule has 0 saturated heterocycles. The first-order chi connectivity index (χ1) is 19.6. The van der Waals surface area contributed by atoms with Gasteiger partial charge in [0.25, 0.3) is 0 Å². The van der Waals surface area contributed by atoms with Crippen molar-refractivity contribution in [3.63, 3.8) is 0 Å². The molecule has 4 aromatic rings. The third-order valence-corrected chi connectivity index (χ3v) is 6.28. The van der Waals surface area contributed by atoms with Crippen molar-refractivity contribution in [1.82, 2.24) is 0 Å². The first-order valence-corrected chi connectivity index (χ1v) is 12.7. The van der Waals surface area contributed by atoms with Gasteiger partial charge in [-0.2, -0.15) is 0 Å². The molecule has 0 heterocycles. The van der Waals surface area contributed by atoms with Crippen LogP contribution < -0.4 is 0 Å². The van der Waals surface area contributed by atoms with E-state index in [1.165, 1.54) is 25.3 Å². The molecule has 2 N–H and O–H groups in total. The number of carboxylic acid groups (broad SMARTS) is 2. The topological polar surface area (TPSA) is 127 Å². The minimum Gasteiger partial charge on any atom is -0.478 e. The Kier molecular flexibility index (Phi) is 10.1. The summed E-state index contributed by atoms with van der Waals surface area (Å²) < 4.78 is 9.81. The van der Waals surface area contributed by atoms with Crippen molar-refractivity contribution >= 4 is 23.9 Å². The summed E-state index contributed by atoms with van der Waals surface area (Å²) in [5, 5.41) is 18.1. The first kappa shape index (κ1) is 30.3. The van der Waals surface area contributed by atoms with Crippen LogP contribution in [0.1, 0.15) is 59.5 Å². The number of rotatable bonds is 7. The molecular weight excluding hydrogens is 524 g/mol. The van der Waals surface area contributed by atoms with Gasteiger partial charge in [-0.15, -0.1) is 0 Å². The molecule has 41 heavy (non-hydrogen) atoms. The van der Waals surface area contributed by atoms with Crippen molar-refractivity contribution in [3.8, 4) is 22.3 Å². The lowest BCUT2D eigenvalue weighted by molar-refractivity contribution is 0.0525. The number of carbonyl (C=O) groups excluding carboxylic acids is 2. The van der Waals surface area contributed by atoms with Gasteiger partial charge < -0.3 is 19.7 Å². The summed E-state index contributed by atoms with van der Waals surface area (Å²) in [4.78, 5) is 45.7. The van der Waals surface area contributed by atoms with E-state index in [9.17, 15) is 19.2 Å². The number of benzene rings is 4. The zero-order valence-corrected chi connectivity index (χ0v) is 23.1. The van der Waals surface area contributed by atoms with Crippen molar-refractivity contribution in [2.75, 3.05) is 13.7 Å². The average molecular weight is 555 g/mol. The molecule has 0 saturated carbocycles. The third-order valence-electron chi connectivity index (χ3n) is 6.28. The van der Waals surface area contributed by atoms with Crippen molar-refractivity contribution in [3.05, 3.63) is 118 Å². The Balaban J connectivity index is 0.000000228. The third kappa shape index (κ3) is 7.24. The molecule has 4 aromatic carbocycles. The number of ether oxygens (including phenoxy) is 2. The van der Waals surface area contributed by atoms with Crippen LogP contribution in [0.25, 0.3) is 22.3 Å². The van der Waals surface area contributed by atoms with Gasteiger partial charge in [0.1, 0.15) is 0 Å². The monoisotopic (exact) mass is 554 g/mol. The van der Waals surface area contributed by atoms with Crippen LogP contribution in [0.15, 0.2) is 84.9 Å². The molecule has 0 aromatic heterocycles. The smallest absolute Gasteiger partial charge is 0.338 e. The van der Waals surface area contributed by atoms with Crippen molar-refractivity contribution in [2.45, 2.75) is 20.8 Å². The lowest BCUT2D eigenvalue weighted by atomic mass is 9.94. The SMILES string of the molecule is CCOC(=O)c1ccccc1-c1ccc(C(=O)OC)cc1C.Cc1cc(C(=O)O)ccc1-c1ccccc1C(=O)O. The maximum atomic E-state index is 12.1. The number of hydrogen-bond acceptors (Lipinski definition) is 6. The molecule has 8 heteroatoms. The maximum Gasteiger partial charge on any atom is 0.338 e. The second-order valence-corrected chi connectivity index (χ2v) is 8.97. The molecule has 0 spiro atoms. The van der Waals surface area contributed by atoms with Crippen LogP contribution in [0.3, 0.4) is 0 Å². The Bertz CT molecular complexity index is 1600. The predicted molar refractivity (Wildman–Crippen MR) is 154 cm³/mol. The first-order valence-electron chi connectivity index (χ1n) is 12.7. The largest absolute Gasteiger partial charge is 0.478 e. The van der Waals surface area contributed by atoms with Crippen molar-refractivity contribution in [2.24, 2.45) is 0 Å². The Labute approximate surface area is 237 Å². The fraction of sp³-hybridized carbons (Fsp3) is 0.152. The average Bonchev–Trinajstić information content (AvgIpc) is 2.97. The van der Waals surface area contributed by atoms with Crippen LogP contribution in [0.5, 0.6) is 0 Å². The summed E-state index contributed by atoms with van der Waals surface area (Å²) in [6.07, 6.45) is 0. The summed E-state index contributed by atoms with van der Waals surface area (Å²) in [5.74, 6) is -2.73. The number of hydrogen-bond donors (Lipinski definition) is 2. The Morgan fingerprint density at radius 3 is 1.59 bits per heavy atom. The lowest BCUT2D eigenvalue weighted by Gasteiger charge is -2.12. The summed E-state index contributed by atoms with van der Waals surface area (Å²) in [6, 6.07) is 23.8. The molecule has 0 unspecified atom stereocenters. The van der Waals surface area contributed by atoms with Gasteiger partial charge in [0.2, 0.25) is 0 Å². The summed E-state index contributed by atoms with van der Waals surface area (Å²) in [5.41, 5.74) is 5.99. The molecule has 0 atom stereocenters. The van der Waals surface area contributed by atoms with Crippen LogP contribution in [-0.2, 0) is 9.47 Å². The summed E-state index contributed by atoms with van der Waals surface area (Å²) in [6.45, 7) is 5.76.